The van der Waals surface area contributed by atoms with Crippen LogP contribution in [0.4, 0.5) is 23.1 Å². The highest BCUT2D eigenvalue weighted by Crippen LogP contribution is 2.32. The second-order valence-corrected chi connectivity index (χ2v) is 10.8. The van der Waals surface area contributed by atoms with E-state index in [1.165, 1.54) is 17.3 Å². The van der Waals surface area contributed by atoms with E-state index in [9.17, 15) is 4.79 Å². The van der Waals surface area contributed by atoms with Crippen molar-refractivity contribution in [3.05, 3.63) is 47.9 Å². The number of hydrogen-bond acceptors (Lipinski definition) is 8. The first-order valence-electron chi connectivity index (χ1n) is 12.7. The Morgan fingerprint density at radius 2 is 1.83 bits per heavy atom. The van der Waals surface area contributed by atoms with Gasteiger partial charge in [0, 0.05) is 49.6 Å². The number of fused-ring (bicyclic) bond motifs is 1. The number of nitrogens with zero attached hydrogens (tertiary/aromatic N) is 4. The van der Waals surface area contributed by atoms with Crippen molar-refractivity contribution in [3.8, 4) is 0 Å². The molecule has 3 N–H and O–H groups in total. The fraction of sp³-hybridized carbons (Fsp3) is 0.444. The maximum absolute atomic E-state index is 11.6. The summed E-state index contributed by atoms with van der Waals surface area (Å²) in [6.07, 6.45) is 5.19. The quantitative estimate of drug-likeness (QED) is 0.407. The molecule has 1 aliphatic heterocycles. The average molecular weight is 506 g/mol. The van der Waals surface area contributed by atoms with Gasteiger partial charge < -0.3 is 25.8 Å². The van der Waals surface area contributed by atoms with Gasteiger partial charge in [0.2, 0.25) is 11.9 Å². The number of anilines is 4. The summed E-state index contributed by atoms with van der Waals surface area (Å²) in [5.74, 6) is 1.38. The third-order valence-electron chi connectivity index (χ3n) is 7.20. The van der Waals surface area contributed by atoms with Crippen LogP contribution in [-0.2, 0) is 4.79 Å². The van der Waals surface area contributed by atoms with Crippen molar-refractivity contribution in [2.45, 2.75) is 44.7 Å². The van der Waals surface area contributed by atoms with Gasteiger partial charge in [-0.2, -0.15) is 4.98 Å². The van der Waals surface area contributed by atoms with E-state index in [4.69, 9.17) is 9.97 Å². The molecule has 0 spiro atoms. The molecule has 2 aliphatic rings. The lowest BCUT2D eigenvalue weighted by Crippen LogP contribution is -2.44. The predicted octanol–water partition coefficient (Wildman–Crippen LogP) is 4.52. The average Bonchev–Trinajstić information content (AvgIpc) is 3.35. The fourth-order valence-electron chi connectivity index (χ4n) is 5.12. The van der Waals surface area contributed by atoms with Crippen LogP contribution in [0.5, 0.6) is 0 Å². The van der Waals surface area contributed by atoms with Crippen LogP contribution >= 0.6 is 11.3 Å². The molecule has 8 nitrogen and oxygen atoms in total. The Balaban J connectivity index is 1.28. The van der Waals surface area contributed by atoms with Crippen LogP contribution in [0.1, 0.15) is 31.2 Å². The van der Waals surface area contributed by atoms with Crippen LogP contribution in [0, 0.1) is 6.92 Å². The molecule has 0 atom stereocenters. The van der Waals surface area contributed by atoms with Crippen LogP contribution in [0.15, 0.2) is 42.3 Å². The molecule has 1 saturated carbocycles. The van der Waals surface area contributed by atoms with Crippen LogP contribution < -0.4 is 20.9 Å². The van der Waals surface area contributed by atoms with Gasteiger partial charge >= 0.3 is 0 Å². The van der Waals surface area contributed by atoms with Crippen molar-refractivity contribution in [1.82, 2.24) is 20.2 Å². The topological polar surface area (TPSA) is 85.4 Å². The first-order chi connectivity index (χ1) is 17.5. The van der Waals surface area contributed by atoms with Gasteiger partial charge in [-0.15, -0.1) is 11.3 Å². The van der Waals surface area contributed by atoms with Crippen molar-refractivity contribution in [3.63, 3.8) is 0 Å². The minimum absolute atomic E-state index is 0.0926. The van der Waals surface area contributed by atoms with Crippen molar-refractivity contribution >= 4 is 50.6 Å². The summed E-state index contributed by atoms with van der Waals surface area (Å²) in [7, 11) is 2.18. The molecule has 190 valence electrons. The molecule has 3 aromatic rings. The largest absolute Gasteiger partial charge is 0.369 e. The van der Waals surface area contributed by atoms with E-state index in [0.29, 0.717) is 12.0 Å². The van der Waals surface area contributed by atoms with Crippen molar-refractivity contribution in [2.75, 3.05) is 48.8 Å². The lowest BCUT2D eigenvalue weighted by Gasteiger charge is -2.35. The summed E-state index contributed by atoms with van der Waals surface area (Å²) in [6, 6.07) is 9.08. The Morgan fingerprint density at radius 3 is 2.56 bits per heavy atom. The number of piperazine rings is 1. The maximum Gasteiger partial charge on any atom is 0.243 e. The molecule has 2 fully saturated rings. The summed E-state index contributed by atoms with van der Waals surface area (Å²) >= 11 is 1.66. The first-order valence-corrected chi connectivity index (χ1v) is 13.6. The second-order valence-electron chi connectivity index (χ2n) is 9.85. The van der Waals surface area contributed by atoms with E-state index in [1.807, 2.05) is 6.07 Å². The number of hydrogen-bond donors (Lipinski definition) is 3. The van der Waals surface area contributed by atoms with E-state index in [1.54, 1.807) is 11.3 Å². The predicted molar refractivity (Wildman–Crippen MR) is 150 cm³/mol. The Kier molecular flexibility index (Phi) is 7.38. The molecule has 1 aromatic carbocycles. The minimum Gasteiger partial charge on any atom is -0.369 e. The number of carbonyl (C=O) groups excluding carboxylic acids is 1. The monoisotopic (exact) mass is 505 g/mol. The maximum atomic E-state index is 11.6. The van der Waals surface area contributed by atoms with Crippen LogP contribution in [-0.4, -0.2) is 66.1 Å². The number of thiophene rings is 1. The number of carbonyl (C=O) groups is 1. The molecule has 1 aliphatic carbocycles. The number of aryl methyl sites for hydroxylation is 1. The number of nitrogens with one attached hydrogen (secondary N) is 3. The Morgan fingerprint density at radius 1 is 1.08 bits per heavy atom. The van der Waals surface area contributed by atoms with Gasteiger partial charge in [-0.05, 0) is 80.9 Å². The zero-order chi connectivity index (χ0) is 25.1. The van der Waals surface area contributed by atoms with Crippen LogP contribution in [0.3, 0.4) is 0 Å². The molecule has 1 amide bonds. The minimum atomic E-state index is -0.0926. The van der Waals surface area contributed by atoms with E-state index in [0.717, 1.165) is 73.6 Å². The summed E-state index contributed by atoms with van der Waals surface area (Å²) in [5, 5.41) is 12.2. The molecule has 0 radical (unpaired) electrons. The zero-order valence-electron chi connectivity index (χ0n) is 21.1. The van der Waals surface area contributed by atoms with E-state index in [2.05, 4.69) is 69.9 Å². The lowest BCUT2D eigenvalue weighted by atomic mass is 9.91. The third kappa shape index (κ3) is 5.63. The number of amides is 1. The fourth-order valence-corrected chi connectivity index (χ4v) is 5.90. The third-order valence-corrected chi connectivity index (χ3v) is 8.11. The van der Waals surface area contributed by atoms with Gasteiger partial charge in [-0.3, -0.25) is 4.79 Å². The van der Waals surface area contributed by atoms with Gasteiger partial charge in [0.1, 0.15) is 5.82 Å². The summed E-state index contributed by atoms with van der Waals surface area (Å²) < 4.78 is 1.07. The van der Waals surface area contributed by atoms with Crippen LogP contribution in [0.2, 0.25) is 0 Å². The highest BCUT2D eigenvalue weighted by atomic mass is 32.1. The summed E-state index contributed by atoms with van der Waals surface area (Å²) in [4.78, 5) is 26.1. The SMILES string of the molecule is C=CC(=O)N[C@H]1CC[C@@H](Nc2nc(Nc3ccc(N4CCN(C)CC4)c(C)c3)nc3ccsc23)CC1. The van der Waals surface area contributed by atoms with E-state index >= 15 is 0 Å². The zero-order valence-corrected chi connectivity index (χ0v) is 21.9. The molecule has 9 heteroatoms. The molecule has 3 heterocycles. The van der Waals surface area contributed by atoms with Crippen molar-refractivity contribution in [1.29, 1.82) is 0 Å². The first kappa shape index (κ1) is 24.5. The normalized spacial score (nSPS) is 20.8. The van der Waals surface area contributed by atoms with Crippen LogP contribution in [0.25, 0.3) is 10.2 Å². The Labute approximate surface area is 216 Å². The Bertz CT molecular complexity index is 1230. The summed E-state index contributed by atoms with van der Waals surface area (Å²) in [6.45, 7) is 10.0. The Hall–Kier alpha value is -3.17. The standard InChI is InChI=1S/C27H35N7OS/c1-4-24(35)28-19-5-7-20(8-6-19)29-26-25-22(11-16-36-25)31-27(32-26)30-21-9-10-23(18(2)17-21)34-14-12-33(3)13-15-34/h4,9-11,16-17,19-20H,1,5-8,12-15H2,2-3H3,(H,28,35)(H2,29,30,31,32)/t19-,20+. The van der Waals surface area contributed by atoms with Crippen molar-refractivity contribution in [2.24, 2.45) is 0 Å². The van der Waals surface area contributed by atoms with Crippen molar-refractivity contribution < 1.29 is 4.79 Å². The number of rotatable bonds is 7. The van der Waals surface area contributed by atoms with E-state index < -0.39 is 0 Å². The molecule has 1 saturated heterocycles. The van der Waals surface area contributed by atoms with Gasteiger partial charge in [-0.25, -0.2) is 4.98 Å². The number of benzene rings is 1. The van der Waals surface area contributed by atoms with E-state index in [-0.39, 0.29) is 11.9 Å². The summed E-state index contributed by atoms with van der Waals surface area (Å²) in [5.41, 5.74) is 4.48. The molecular formula is C27H35N7OS. The molecular weight excluding hydrogens is 470 g/mol. The molecule has 0 bridgehead atoms. The highest BCUT2D eigenvalue weighted by molar-refractivity contribution is 7.17. The van der Waals surface area contributed by atoms with Gasteiger partial charge in [-0.1, -0.05) is 6.58 Å². The van der Waals surface area contributed by atoms with Gasteiger partial charge in [0.25, 0.3) is 0 Å². The smallest absolute Gasteiger partial charge is 0.243 e. The molecule has 0 unspecified atom stereocenters. The highest BCUT2D eigenvalue weighted by Gasteiger charge is 2.23. The number of aromatic nitrogens is 2. The molecule has 5 rings (SSSR count). The lowest BCUT2D eigenvalue weighted by molar-refractivity contribution is -0.117. The molecule has 2 aromatic heterocycles. The van der Waals surface area contributed by atoms with Gasteiger partial charge in [0.15, 0.2) is 0 Å². The molecule has 36 heavy (non-hydrogen) atoms. The second kappa shape index (κ2) is 10.8. The van der Waals surface area contributed by atoms with Gasteiger partial charge in [0.05, 0.1) is 10.2 Å². The number of likely N-dealkylation sites (N-methyl/N-ethyl adjacent to an activating group) is 1.